The quantitative estimate of drug-likeness (QED) is 0.561. The average molecular weight is 251 g/mol. The van der Waals surface area contributed by atoms with Crippen LogP contribution in [0.4, 0.5) is 5.69 Å². The van der Waals surface area contributed by atoms with Crippen molar-refractivity contribution in [2.75, 3.05) is 12.0 Å². The molecule has 1 aromatic rings. The van der Waals surface area contributed by atoms with E-state index in [0.717, 1.165) is 18.4 Å². The Balaban J connectivity index is 3.57. The van der Waals surface area contributed by atoms with Gasteiger partial charge in [-0.25, -0.2) is 8.42 Å². The molecule has 6 nitrogen and oxygen atoms in total. The summed E-state index contributed by atoms with van der Waals surface area (Å²) in [6.07, 6.45) is 0.923. The number of nitrogen functional groups attached to an aromatic ring is 1. The molecular weight excluding hydrogens is 242 g/mol. The first-order valence-corrected chi connectivity index (χ1v) is 7.02. The van der Waals surface area contributed by atoms with Crippen LogP contribution in [0.25, 0.3) is 0 Å². The fourth-order valence-electron chi connectivity index (χ4n) is 0.969. The Morgan fingerprint density at radius 2 is 1.73 bits per heavy atom. The Kier molecular flexibility index (Phi) is 2.77. The van der Waals surface area contributed by atoms with E-state index < -0.39 is 24.9 Å². The number of sulfone groups is 1. The number of hydrogen-bond acceptors (Lipinski definition) is 5. The molecule has 0 amide bonds. The first kappa shape index (κ1) is 12.0. The number of nitrogens with two attached hydrogens (primary N) is 1. The van der Waals surface area contributed by atoms with Crippen LogP contribution in [0.3, 0.4) is 0 Å². The van der Waals surface area contributed by atoms with Crippen molar-refractivity contribution in [1.29, 1.82) is 0 Å². The van der Waals surface area contributed by atoms with Crippen molar-refractivity contribution < 1.29 is 21.4 Å². The molecule has 0 aliphatic heterocycles. The van der Waals surface area contributed by atoms with E-state index in [1.165, 1.54) is 6.07 Å². The molecule has 0 aromatic heterocycles. The van der Waals surface area contributed by atoms with Gasteiger partial charge in [-0.15, -0.1) is 0 Å². The molecule has 1 rings (SSSR count). The van der Waals surface area contributed by atoms with Crippen LogP contribution < -0.4 is 5.73 Å². The summed E-state index contributed by atoms with van der Waals surface area (Å²) in [7, 11) is -8.04. The molecule has 84 valence electrons. The largest absolute Gasteiger partial charge is 0.398 e. The molecule has 0 fully saturated rings. The van der Waals surface area contributed by atoms with Gasteiger partial charge in [-0.05, 0) is 18.2 Å². The predicted molar refractivity (Wildman–Crippen MR) is 53.8 cm³/mol. The fraction of sp³-hybridized carbons (Fsp3) is 0.143. The van der Waals surface area contributed by atoms with E-state index in [1.54, 1.807) is 0 Å². The lowest BCUT2D eigenvalue weighted by atomic mass is 10.3. The standard InChI is InChI=1S/C7H9NO5S2/c1-14(9,10)5-2-3-6(8)7(4-5)15(11,12)13/h2-4H,8H2,1H3,(H,11,12,13). The lowest BCUT2D eigenvalue weighted by molar-refractivity contribution is 0.483. The second kappa shape index (κ2) is 3.47. The van der Waals surface area contributed by atoms with Crippen molar-refractivity contribution in [3.63, 3.8) is 0 Å². The molecule has 0 aliphatic rings. The molecule has 8 heteroatoms. The average Bonchev–Trinajstić information content (AvgIpc) is 2.00. The van der Waals surface area contributed by atoms with E-state index in [4.69, 9.17) is 10.3 Å². The fourth-order valence-corrected chi connectivity index (χ4v) is 2.33. The lowest BCUT2D eigenvalue weighted by Crippen LogP contribution is -2.06. The topological polar surface area (TPSA) is 115 Å². The Labute approximate surface area is 87.4 Å². The van der Waals surface area contributed by atoms with E-state index in [2.05, 4.69) is 0 Å². The molecule has 15 heavy (non-hydrogen) atoms. The van der Waals surface area contributed by atoms with Gasteiger partial charge in [-0.2, -0.15) is 8.42 Å². The monoisotopic (exact) mass is 251 g/mol. The number of anilines is 1. The molecule has 0 heterocycles. The maximum Gasteiger partial charge on any atom is 0.296 e. The zero-order valence-electron chi connectivity index (χ0n) is 7.71. The van der Waals surface area contributed by atoms with Crippen LogP contribution in [0.1, 0.15) is 0 Å². The zero-order valence-corrected chi connectivity index (χ0v) is 9.34. The summed E-state index contributed by atoms with van der Waals surface area (Å²) in [5.74, 6) is 0. The SMILES string of the molecule is CS(=O)(=O)c1ccc(N)c(S(=O)(=O)O)c1. The normalized spacial score (nSPS) is 12.7. The van der Waals surface area contributed by atoms with Gasteiger partial charge in [0.25, 0.3) is 10.1 Å². The first-order valence-electron chi connectivity index (χ1n) is 3.69. The van der Waals surface area contributed by atoms with Gasteiger partial charge in [0, 0.05) is 6.26 Å². The van der Waals surface area contributed by atoms with Crippen molar-refractivity contribution in [2.24, 2.45) is 0 Å². The Morgan fingerprint density at radius 3 is 2.13 bits per heavy atom. The molecule has 3 N–H and O–H groups in total. The van der Waals surface area contributed by atoms with Crippen molar-refractivity contribution in [3.8, 4) is 0 Å². The summed E-state index contributed by atoms with van der Waals surface area (Å²) >= 11 is 0. The minimum Gasteiger partial charge on any atom is -0.398 e. The lowest BCUT2D eigenvalue weighted by Gasteiger charge is -2.04. The van der Waals surface area contributed by atoms with Gasteiger partial charge >= 0.3 is 0 Å². The second-order valence-electron chi connectivity index (χ2n) is 2.95. The minimum absolute atomic E-state index is 0.204. The third kappa shape index (κ3) is 2.67. The van der Waals surface area contributed by atoms with Crippen LogP contribution in [0, 0.1) is 0 Å². The molecule has 0 bridgehead atoms. The van der Waals surface area contributed by atoms with Crippen LogP contribution in [0.15, 0.2) is 28.0 Å². The smallest absolute Gasteiger partial charge is 0.296 e. The summed E-state index contributed by atoms with van der Waals surface area (Å²) in [6, 6.07) is 3.10. The van der Waals surface area contributed by atoms with Crippen LogP contribution in [0.5, 0.6) is 0 Å². The molecule has 0 atom stereocenters. The van der Waals surface area contributed by atoms with E-state index in [0.29, 0.717) is 0 Å². The predicted octanol–water partition coefficient (Wildman–Crippen LogP) is -0.0810. The highest BCUT2D eigenvalue weighted by atomic mass is 32.2. The van der Waals surface area contributed by atoms with E-state index >= 15 is 0 Å². The third-order valence-electron chi connectivity index (χ3n) is 1.69. The number of hydrogen-bond donors (Lipinski definition) is 2. The van der Waals surface area contributed by atoms with Crippen molar-refractivity contribution in [1.82, 2.24) is 0 Å². The summed E-state index contributed by atoms with van der Waals surface area (Å²) in [4.78, 5) is -0.824. The first-order chi connectivity index (χ1) is 6.62. The number of benzene rings is 1. The second-order valence-corrected chi connectivity index (χ2v) is 6.35. The van der Waals surface area contributed by atoms with Crippen LogP contribution in [-0.4, -0.2) is 27.6 Å². The molecule has 0 unspecified atom stereocenters. The van der Waals surface area contributed by atoms with E-state index in [9.17, 15) is 16.8 Å². The van der Waals surface area contributed by atoms with E-state index in [1.807, 2.05) is 0 Å². The molecule has 0 aliphatic carbocycles. The van der Waals surface area contributed by atoms with Gasteiger partial charge in [0.1, 0.15) is 4.90 Å². The van der Waals surface area contributed by atoms with Crippen molar-refractivity contribution >= 4 is 25.6 Å². The van der Waals surface area contributed by atoms with E-state index in [-0.39, 0.29) is 10.6 Å². The molecular formula is C7H9NO5S2. The summed E-state index contributed by atoms with van der Waals surface area (Å²) in [5.41, 5.74) is 5.08. The summed E-state index contributed by atoms with van der Waals surface area (Å²) in [6.45, 7) is 0. The Morgan fingerprint density at radius 1 is 1.20 bits per heavy atom. The Bertz CT molecular complexity index is 588. The molecule has 0 saturated heterocycles. The minimum atomic E-state index is -4.51. The highest BCUT2D eigenvalue weighted by Gasteiger charge is 2.17. The third-order valence-corrected chi connectivity index (χ3v) is 3.71. The number of rotatable bonds is 2. The molecule has 1 aromatic carbocycles. The highest BCUT2D eigenvalue weighted by Crippen LogP contribution is 2.21. The molecule has 0 spiro atoms. The van der Waals surface area contributed by atoms with Crippen molar-refractivity contribution in [3.05, 3.63) is 18.2 Å². The maximum absolute atomic E-state index is 11.1. The van der Waals surface area contributed by atoms with Gasteiger partial charge in [0.15, 0.2) is 9.84 Å². The Hall–Kier alpha value is -1.12. The summed E-state index contributed by atoms with van der Waals surface area (Å²) in [5, 5.41) is 0. The van der Waals surface area contributed by atoms with Gasteiger partial charge in [-0.3, -0.25) is 4.55 Å². The van der Waals surface area contributed by atoms with Gasteiger partial charge in [0.05, 0.1) is 10.6 Å². The van der Waals surface area contributed by atoms with Gasteiger partial charge in [0.2, 0.25) is 0 Å². The van der Waals surface area contributed by atoms with Gasteiger partial charge in [-0.1, -0.05) is 0 Å². The molecule has 0 radical (unpaired) electrons. The van der Waals surface area contributed by atoms with Crippen LogP contribution in [-0.2, 0) is 20.0 Å². The zero-order chi connectivity index (χ0) is 11.9. The highest BCUT2D eigenvalue weighted by molar-refractivity contribution is 7.90. The molecule has 0 saturated carbocycles. The maximum atomic E-state index is 11.1. The summed E-state index contributed by atoms with van der Waals surface area (Å²) < 4.78 is 52.6. The van der Waals surface area contributed by atoms with Crippen LogP contribution in [0.2, 0.25) is 0 Å². The van der Waals surface area contributed by atoms with Gasteiger partial charge < -0.3 is 5.73 Å². The van der Waals surface area contributed by atoms with Crippen LogP contribution >= 0.6 is 0 Å². The van der Waals surface area contributed by atoms with Crippen molar-refractivity contribution in [2.45, 2.75) is 9.79 Å².